The number of nitrogens with zero attached hydrogens (tertiary/aromatic N) is 1. The Labute approximate surface area is 117 Å². The van der Waals surface area contributed by atoms with E-state index in [2.05, 4.69) is 31.2 Å². The van der Waals surface area contributed by atoms with Crippen molar-refractivity contribution in [3.8, 4) is 0 Å². The van der Waals surface area contributed by atoms with Crippen molar-refractivity contribution < 1.29 is 14.6 Å². The molecule has 5 heteroatoms. The predicted octanol–water partition coefficient (Wildman–Crippen LogP) is 1.87. The van der Waals surface area contributed by atoms with Gasteiger partial charge in [0, 0.05) is 23.7 Å². The highest BCUT2D eigenvalue weighted by Crippen LogP contribution is 2.19. The van der Waals surface area contributed by atoms with Crippen LogP contribution in [-0.2, 0) is 9.53 Å². The summed E-state index contributed by atoms with van der Waals surface area (Å²) < 4.78 is 5.22. The molecule has 104 valence electrons. The predicted molar refractivity (Wildman–Crippen MR) is 75.7 cm³/mol. The second kappa shape index (κ2) is 6.93. The summed E-state index contributed by atoms with van der Waals surface area (Å²) in [6, 6.07) is 7.91. The monoisotopic (exact) mass is 281 g/mol. The Morgan fingerprint density at radius 3 is 2.89 bits per heavy atom. The molecule has 0 amide bonds. The Kier molecular flexibility index (Phi) is 5.24. The van der Waals surface area contributed by atoms with Crippen LogP contribution in [0.2, 0.25) is 0 Å². The van der Waals surface area contributed by atoms with Crippen LogP contribution < -0.4 is 0 Å². The minimum atomic E-state index is -0.792. The number of carboxylic acid groups (broad SMARTS) is 1. The van der Waals surface area contributed by atoms with E-state index in [1.165, 1.54) is 10.5 Å². The molecule has 19 heavy (non-hydrogen) atoms. The zero-order chi connectivity index (χ0) is 13.7. The third kappa shape index (κ3) is 4.23. The maximum Gasteiger partial charge on any atom is 0.323 e. The smallest absolute Gasteiger partial charge is 0.323 e. The second-order valence-electron chi connectivity index (χ2n) is 4.63. The van der Waals surface area contributed by atoms with Crippen LogP contribution >= 0.6 is 11.8 Å². The number of morpholine rings is 1. The van der Waals surface area contributed by atoms with E-state index in [0.717, 1.165) is 12.3 Å². The molecule has 0 radical (unpaired) electrons. The first-order chi connectivity index (χ1) is 9.16. The number of aliphatic carboxylic acids is 1. The maximum absolute atomic E-state index is 11.1. The van der Waals surface area contributed by atoms with Crippen molar-refractivity contribution in [1.82, 2.24) is 4.90 Å². The molecular formula is C14H19NO3S. The molecule has 0 saturated carbocycles. The molecule has 1 heterocycles. The average Bonchev–Trinajstić information content (AvgIpc) is 2.41. The van der Waals surface area contributed by atoms with Gasteiger partial charge in [-0.05, 0) is 19.1 Å². The maximum atomic E-state index is 11.1. The first kappa shape index (κ1) is 14.4. The van der Waals surface area contributed by atoms with Crippen LogP contribution in [0.1, 0.15) is 5.56 Å². The SMILES string of the molecule is Cc1ccc(SCCN2CCOCC2C(=O)O)cc1. The van der Waals surface area contributed by atoms with E-state index in [0.29, 0.717) is 19.8 Å². The van der Waals surface area contributed by atoms with Gasteiger partial charge >= 0.3 is 5.97 Å². The van der Waals surface area contributed by atoms with E-state index >= 15 is 0 Å². The van der Waals surface area contributed by atoms with Gasteiger partial charge in [0.2, 0.25) is 0 Å². The zero-order valence-corrected chi connectivity index (χ0v) is 11.9. The lowest BCUT2D eigenvalue weighted by Crippen LogP contribution is -2.50. The lowest BCUT2D eigenvalue weighted by molar-refractivity contribution is -0.149. The number of rotatable bonds is 5. The Hall–Kier alpha value is -1.04. The summed E-state index contributed by atoms with van der Waals surface area (Å²) in [5.74, 6) is 0.104. The van der Waals surface area contributed by atoms with Gasteiger partial charge in [-0.2, -0.15) is 0 Å². The van der Waals surface area contributed by atoms with Crippen molar-refractivity contribution in [2.45, 2.75) is 17.9 Å². The van der Waals surface area contributed by atoms with Gasteiger partial charge in [-0.15, -0.1) is 11.8 Å². The van der Waals surface area contributed by atoms with E-state index in [-0.39, 0.29) is 0 Å². The number of aryl methyl sites for hydroxylation is 1. The number of ether oxygens (including phenoxy) is 1. The fourth-order valence-electron chi connectivity index (χ4n) is 2.05. The molecule has 2 rings (SSSR count). The third-order valence-corrected chi connectivity index (χ3v) is 4.18. The molecule has 0 aromatic heterocycles. The van der Waals surface area contributed by atoms with Gasteiger partial charge in [-0.1, -0.05) is 17.7 Å². The van der Waals surface area contributed by atoms with Gasteiger partial charge in [-0.3, -0.25) is 9.69 Å². The second-order valence-corrected chi connectivity index (χ2v) is 5.79. The molecule has 1 aliphatic heterocycles. The first-order valence-corrected chi connectivity index (χ1v) is 7.39. The van der Waals surface area contributed by atoms with E-state index in [1.54, 1.807) is 11.8 Å². The Morgan fingerprint density at radius 2 is 2.21 bits per heavy atom. The van der Waals surface area contributed by atoms with Crippen LogP contribution in [0.15, 0.2) is 29.2 Å². The summed E-state index contributed by atoms with van der Waals surface area (Å²) in [7, 11) is 0. The van der Waals surface area contributed by atoms with Gasteiger partial charge in [0.25, 0.3) is 0 Å². The fraction of sp³-hybridized carbons (Fsp3) is 0.500. The zero-order valence-electron chi connectivity index (χ0n) is 11.0. The Morgan fingerprint density at radius 1 is 1.47 bits per heavy atom. The minimum absolute atomic E-state index is 0.296. The topological polar surface area (TPSA) is 49.8 Å². The molecule has 1 aromatic rings. The number of carbonyl (C=O) groups is 1. The molecule has 1 saturated heterocycles. The molecule has 0 aliphatic carbocycles. The van der Waals surface area contributed by atoms with Gasteiger partial charge < -0.3 is 9.84 Å². The molecule has 4 nitrogen and oxygen atoms in total. The largest absolute Gasteiger partial charge is 0.480 e. The molecule has 1 unspecified atom stereocenters. The van der Waals surface area contributed by atoms with E-state index in [4.69, 9.17) is 9.84 Å². The van der Waals surface area contributed by atoms with Crippen molar-refractivity contribution in [1.29, 1.82) is 0 Å². The van der Waals surface area contributed by atoms with E-state index in [1.807, 2.05) is 4.90 Å². The van der Waals surface area contributed by atoms with Gasteiger partial charge in [0.05, 0.1) is 13.2 Å². The highest BCUT2D eigenvalue weighted by Gasteiger charge is 2.28. The quantitative estimate of drug-likeness (QED) is 0.835. The van der Waals surface area contributed by atoms with Crippen LogP contribution in [0.4, 0.5) is 0 Å². The molecule has 0 bridgehead atoms. The van der Waals surface area contributed by atoms with Crippen LogP contribution in [-0.4, -0.2) is 54.1 Å². The van der Waals surface area contributed by atoms with Crippen molar-refractivity contribution in [2.24, 2.45) is 0 Å². The minimum Gasteiger partial charge on any atom is -0.480 e. The summed E-state index contributed by atoms with van der Waals surface area (Å²) >= 11 is 1.76. The fourth-order valence-corrected chi connectivity index (χ4v) is 2.94. The molecule has 1 aliphatic rings. The van der Waals surface area contributed by atoms with Crippen molar-refractivity contribution in [3.63, 3.8) is 0 Å². The van der Waals surface area contributed by atoms with Crippen molar-refractivity contribution in [2.75, 3.05) is 32.1 Å². The highest BCUT2D eigenvalue weighted by molar-refractivity contribution is 7.99. The van der Waals surface area contributed by atoms with Gasteiger partial charge in [0.15, 0.2) is 0 Å². The van der Waals surface area contributed by atoms with E-state index in [9.17, 15) is 4.79 Å². The van der Waals surface area contributed by atoms with Crippen LogP contribution in [0.25, 0.3) is 0 Å². The Balaban J connectivity index is 1.80. The third-order valence-electron chi connectivity index (χ3n) is 3.19. The van der Waals surface area contributed by atoms with Crippen LogP contribution in [0, 0.1) is 6.92 Å². The molecule has 1 atom stereocenters. The number of hydrogen-bond donors (Lipinski definition) is 1. The number of thioether (sulfide) groups is 1. The lowest BCUT2D eigenvalue weighted by Gasteiger charge is -2.32. The average molecular weight is 281 g/mol. The molecular weight excluding hydrogens is 262 g/mol. The van der Waals surface area contributed by atoms with E-state index < -0.39 is 12.0 Å². The number of benzene rings is 1. The summed E-state index contributed by atoms with van der Waals surface area (Å²) in [5.41, 5.74) is 1.25. The molecule has 1 N–H and O–H groups in total. The van der Waals surface area contributed by atoms with Crippen LogP contribution in [0.3, 0.4) is 0 Å². The summed E-state index contributed by atoms with van der Waals surface area (Å²) in [4.78, 5) is 14.3. The molecule has 1 aromatic carbocycles. The first-order valence-electron chi connectivity index (χ1n) is 6.41. The van der Waals surface area contributed by atoms with Gasteiger partial charge in [-0.25, -0.2) is 0 Å². The van der Waals surface area contributed by atoms with Crippen molar-refractivity contribution in [3.05, 3.63) is 29.8 Å². The number of carboxylic acids is 1. The molecule has 1 fully saturated rings. The normalized spacial score (nSPS) is 20.4. The number of hydrogen-bond acceptors (Lipinski definition) is 4. The van der Waals surface area contributed by atoms with Gasteiger partial charge in [0.1, 0.15) is 6.04 Å². The summed E-state index contributed by atoms with van der Waals surface area (Å²) in [6.07, 6.45) is 0. The Bertz CT molecular complexity index is 421. The summed E-state index contributed by atoms with van der Waals surface area (Å²) in [6.45, 7) is 4.47. The molecule has 0 spiro atoms. The highest BCUT2D eigenvalue weighted by atomic mass is 32.2. The van der Waals surface area contributed by atoms with Crippen molar-refractivity contribution >= 4 is 17.7 Å². The summed E-state index contributed by atoms with van der Waals surface area (Å²) in [5, 5.41) is 9.13. The lowest BCUT2D eigenvalue weighted by atomic mass is 10.2. The van der Waals surface area contributed by atoms with Crippen LogP contribution in [0.5, 0.6) is 0 Å². The standard InChI is InChI=1S/C14H19NO3S/c1-11-2-4-12(5-3-11)19-9-7-15-6-8-18-10-13(15)14(16)17/h2-5,13H,6-10H2,1H3,(H,16,17).